The molecule has 0 spiro atoms. The number of halogens is 2. The molecule has 0 amide bonds. The summed E-state index contributed by atoms with van der Waals surface area (Å²) in [5.74, 6) is 0.245. The van der Waals surface area contributed by atoms with E-state index in [4.69, 9.17) is 11.6 Å². The number of rotatable bonds is 3. The molecule has 0 saturated heterocycles. The molecule has 1 aromatic heterocycles. The van der Waals surface area contributed by atoms with Gasteiger partial charge in [-0.15, -0.1) is 0 Å². The number of pyridine rings is 1. The molecule has 88 valence electrons. The number of benzene rings is 1. The lowest BCUT2D eigenvalue weighted by atomic mass is 10.3. The van der Waals surface area contributed by atoms with Gasteiger partial charge in [0.05, 0.1) is 10.7 Å². The zero-order valence-corrected chi connectivity index (χ0v) is 9.92. The van der Waals surface area contributed by atoms with Gasteiger partial charge in [-0.2, -0.15) is 0 Å². The van der Waals surface area contributed by atoms with Gasteiger partial charge in [-0.05, 0) is 18.2 Å². The van der Waals surface area contributed by atoms with E-state index in [9.17, 15) is 4.39 Å². The minimum atomic E-state index is -0.461. The molecule has 0 unspecified atom stereocenters. The zero-order chi connectivity index (χ0) is 12.3. The highest BCUT2D eigenvalue weighted by molar-refractivity contribution is 6.31. The highest BCUT2D eigenvalue weighted by Crippen LogP contribution is 2.25. The molecule has 0 aliphatic carbocycles. The van der Waals surface area contributed by atoms with Gasteiger partial charge in [0.1, 0.15) is 5.82 Å². The lowest BCUT2D eigenvalue weighted by Gasteiger charge is -2.09. The fourth-order valence-electron chi connectivity index (χ4n) is 1.40. The van der Waals surface area contributed by atoms with Crippen molar-refractivity contribution < 1.29 is 4.39 Å². The summed E-state index contributed by atoms with van der Waals surface area (Å²) in [4.78, 5) is 4.07. The van der Waals surface area contributed by atoms with E-state index in [1.807, 2.05) is 0 Å². The van der Waals surface area contributed by atoms with Crippen molar-refractivity contribution in [2.45, 2.75) is 0 Å². The molecule has 2 N–H and O–H groups in total. The summed E-state index contributed by atoms with van der Waals surface area (Å²) >= 11 is 5.70. The largest absolute Gasteiger partial charge is 0.373 e. The van der Waals surface area contributed by atoms with Gasteiger partial charge < -0.3 is 10.6 Å². The number of anilines is 3. The van der Waals surface area contributed by atoms with Crippen LogP contribution in [0.15, 0.2) is 36.5 Å². The van der Waals surface area contributed by atoms with E-state index in [-0.39, 0.29) is 5.02 Å². The Kier molecular flexibility index (Phi) is 3.44. The van der Waals surface area contributed by atoms with Gasteiger partial charge in [0.2, 0.25) is 0 Å². The van der Waals surface area contributed by atoms with Gasteiger partial charge >= 0.3 is 0 Å². The van der Waals surface area contributed by atoms with E-state index < -0.39 is 5.82 Å². The maximum Gasteiger partial charge on any atom is 0.165 e. The van der Waals surface area contributed by atoms with Crippen molar-refractivity contribution in [1.82, 2.24) is 4.98 Å². The van der Waals surface area contributed by atoms with Crippen LogP contribution in [-0.4, -0.2) is 12.0 Å². The average Bonchev–Trinajstić information content (AvgIpc) is 2.35. The topological polar surface area (TPSA) is 37.0 Å². The standard InChI is InChI=1S/C12H11ClFN3/c1-15-11-7-8(5-6-16-11)17-10-4-2-3-9(13)12(10)14/h2-7H,1H3,(H2,15,16,17). The van der Waals surface area contributed by atoms with E-state index in [0.29, 0.717) is 11.5 Å². The maximum atomic E-state index is 13.6. The van der Waals surface area contributed by atoms with E-state index in [1.165, 1.54) is 6.07 Å². The molecule has 2 rings (SSSR count). The van der Waals surface area contributed by atoms with Gasteiger partial charge in [-0.1, -0.05) is 17.7 Å². The lowest BCUT2D eigenvalue weighted by molar-refractivity contribution is 0.632. The van der Waals surface area contributed by atoms with E-state index in [1.54, 1.807) is 37.5 Å². The molecule has 0 aliphatic rings. The molecule has 0 radical (unpaired) electrons. The highest BCUT2D eigenvalue weighted by atomic mass is 35.5. The second-order valence-corrected chi connectivity index (χ2v) is 3.81. The Bertz CT molecular complexity index is 531. The molecular formula is C12H11ClFN3. The Morgan fingerprint density at radius 1 is 1.29 bits per heavy atom. The van der Waals surface area contributed by atoms with Gasteiger partial charge in [-0.3, -0.25) is 0 Å². The van der Waals surface area contributed by atoms with Crippen LogP contribution < -0.4 is 10.6 Å². The van der Waals surface area contributed by atoms with E-state index in [2.05, 4.69) is 15.6 Å². The van der Waals surface area contributed by atoms with Gasteiger partial charge in [0.15, 0.2) is 5.82 Å². The van der Waals surface area contributed by atoms with Crippen LogP contribution in [0.1, 0.15) is 0 Å². The summed E-state index contributed by atoms with van der Waals surface area (Å²) in [5.41, 5.74) is 1.08. The second kappa shape index (κ2) is 5.01. The monoisotopic (exact) mass is 251 g/mol. The summed E-state index contributed by atoms with van der Waals surface area (Å²) < 4.78 is 13.6. The number of hydrogen-bond acceptors (Lipinski definition) is 3. The van der Waals surface area contributed by atoms with Crippen LogP contribution in [0.3, 0.4) is 0 Å². The summed E-state index contributed by atoms with van der Waals surface area (Å²) in [6.45, 7) is 0. The second-order valence-electron chi connectivity index (χ2n) is 3.41. The summed E-state index contributed by atoms with van der Waals surface area (Å²) in [5, 5.41) is 5.95. The molecule has 17 heavy (non-hydrogen) atoms. The van der Waals surface area contributed by atoms with Crippen molar-refractivity contribution in [3.63, 3.8) is 0 Å². The fraction of sp³-hybridized carbons (Fsp3) is 0.0833. The van der Waals surface area contributed by atoms with Crippen molar-refractivity contribution in [1.29, 1.82) is 0 Å². The van der Waals surface area contributed by atoms with Crippen LogP contribution >= 0.6 is 11.6 Å². The lowest BCUT2D eigenvalue weighted by Crippen LogP contribution is -1.97. The Morgan fingerprint density at radius 3 is 2.88 bits per heavy atom. The molecule has 5 heteroatoms. The van der Waals surface area contributed by atoms with Gasteiger partial charge in [-0.25, -0.2) is 9.37 Å². The smallest absolute Gasteiger partial charge is 0.165 e. The highest BCUT2D eigenvalue weighted by Gasteiger charge is 2.06. The number of nitrogens with zero attached hydrogens (tertiary/aromatic N) is 1. The quantitative estimate of drug-likeness (QED) is 0.874. The summed E-state index contributed by atoms with van der Waals surface area (Å²) in [6, 6.07) is 8.35. The summed E-state index contributed by atoms with van der Waals surface area (Å²) in [7, 11) is 1.77. The Labute approximate surface area is 104 Å². The number of hydrogen-bond donors (Lipinski definition) is 2. The normalized spacial score (nSPS) is 10.1. The van der Waals surface area contributed by atoms with Crippen molar-refractivity contribution in [3.8, 4) is 0 Å². The Balaban J connectivity index is 2.28. The average molecular weight is 252 g/mol. The molecule has 0 aliphatic heterocycles. The van der Waals surface area contributed by atoms with Crippen LogP contribution in [0.4, 0.5) is 21.6 Å². The van der Waals surface area contributed by atoms with Crippen molar-refractivity contribution in [3.05, 3.63) is 47.4 Å². The fourth-order valence-corrected chi connectivity index (χ4v) is 1.58. The van der Waals surface area contributed by atoms with Crippen LogP contribution in [0.5, 0.6) is 0 Å². The number of nitrogens with one attached hydrogen (secondary N) is 2. The molecule has 0 bridgehead atoms. The first-order valence-electron chi connectivity index (χ1n) is 5.05. The predicted molar refractivity (Wildman–Crippen MR) is 68.5 cm³/mol. The minimum absolute atomic E-state index is 0.0953. The van der Waals surface area contributed by atoms with E-state index in [0.717, 1.165) is 5.69 Å². The van der Waals surface area contributed by atoms with Gasteiger partial charge in [0, 0.05) is 25.0 Å². The molecular weight excluding hydrogens is 241 g/mol. The molecule has 2 aromatic rings. The molecule has 0 fully saturated rings. The summed E-state index contributed by atoms with van der Waals surface area (Å²) in [6.07, 6.45) is 1.64. The molecule has 3 nitrogen and oxygen atoms in total. The van der Waals surface area contributed by atoms with Gasteiger partial charge in [0.25, 0.3) is 0 Å². The molecule has 0 saturated carbocycles. The molecule has 0 atom stereocenters. The Hall–Kier alpha value is -1.81. The van der Waals surface area contributed by atoms with Crippen molar-refractivity contribution in [2.75, 3.05) is 17.7 Å². The van der Waals surface area contributed by atoms with Crippen LogP contribution in [0.2, 0.25) is 5.02 Å². The molecule has 1 aromatic carbocycles. The first-order chi connectivity index (χ1) is 8.20. The molecule has 1 heterocycles. The SMILES string of the molecule is CNc1cc(Nc2cccc(Cl)c2F)ccn1. The first kappa shape index (κ1) is 11.7. The first-order valence-corrected chi connectivity index (χ1v) is 5.43. The Morgan fingerprint density at radius 2 is 2.12 bits per heavy atom. The van der Waals surface area contributed by atoms with Crippen LogP contribution in [0.25, 0.3) is 0 Å². The van der Waals surface area contributed by atoms with Crippen LogP contribution in [-0.2, 0) is 0 Å². The number of aromatic nitrogens is 1. The van der Waals surface area contributed by atoms with Crippen LogP contribution in [0, 0.1) is 5.82 Å². The third-order valence-electron chi connectivity index (χ3n) is 2.25. The third-order valence-corrected chi connectivity index (χ3v) is 2.54. The third kappa shape index (κ3) is 2.65. The zero-order valence-electron chi connectivity index (χ0n) is 9.17. The predicted octanol–water partition coefficient (Wildman–Crippen LogP) is 3.66. The van der Waals surface area contributed by atoms with Crippen molar-refractivity contribution in [2.24, 2.45) is 0 Å². The maximum absolute atomic E-state index is 13.6. The minimum Gasteiger partial charge on any atom is -0.373 e. The van der Waals surface area contributed by atoms with Crippen molar-refractivity contribution >= 4 is 28.8 Å². The van der Waals surface area contributed by atoms with E-state index >= 15 is 0 Å².